The molecule has 3 heteroatoms. The molecule has 0 N–H and O–H groups in total. The van der Waals surface area contributed by atoms with Crippen molar-refractivity contribution in [2.45, 2.75) is 39.0 Å². The lowest BCUT2D eigenvalue weighted by Crippen LogP contribution is -2.33. The molecule has 0 saturated heterocycles. The Hall–Kier alpha value is -0.760. The molecule has 94 valence electrons. The van der Waals surface area contributed by atoms with Crippen molar-refractivity contribution in [1.82, 2.24) is 4.98 Å². The summed E-state index contributed by atoms with van der Waals surface area (Å²) in [6.07, 6.45) is 6.09. The first kappa shape index (κ1) is 12.7. The molecular weight excluding hydrogens is 232 g/mol. The van der Waals surface area contributed by atoms with Gasteiger partial charge in [0.1, 0.15) is 0 Å². The summed E-state index contributed by atoms with van der Waals surface area (Å²) in [6.45, 7) is 6.47. The zero-order chi connectivity index (χ0) is 12.3. The lowest BCUT2D eigenvalue weighted by atomic mass is 9.85. The van der Waals surface area contributed by atoms with Crippen LogP contribution in [0.4, 0.5) is 5.69 Å². The van der Waals surface area contributed by atoms with Crippen LogP contribution in [0.2, 0.25) is 0 Å². The number of nitrogens with zero attached hydrogens (tertiary/aromatic N) is 2. The monoisotopic (exact) mass is 252 g/mol. The number of hydrogen-bond acceptors (Lipinski definition) is 2. The Labute approximate surface area is 109 Å². The molecule has 2 rings (SSSR count). The molecule has 1 aromatic rings. The molecule has 0 bridgehead atoms. The number of halogens is 1. The third-order valence-electron chi connectivity index (χ3n) is 3.67. The van der Waals surface area contributed by atoms with Crippen LogP contribution in [0.3, 0.4) is 0 Å². The van der Waals surface area contributed by atoms with Gasteiger partial charge in [-0.2, -0.15) is 0 Å². The Balaban J connectivity index is 2.18. The van der Waals surface area contributed by atoms with Crippen LogP contribution in [0.1, 0.15) is 37.4 Å². The Morgan fingerprint density at radius 1 is 1.47 bits per heavy atom. The summed E-state index contributed by atoms with van der Waals surface area (Å²) >= 11 is 6.00. The predicted molar refractivity (Wildman–Crippen MR) is 73.8 cm³/mol. The molecule has 0 radical (unpaired) electrons. The highest BCUT2D eigenvalue weighted by Gasteiger charge is 2.21. The fourth-order valence-electron chi connectivity index (χ4n) is 2.36. The van der Waals surface area contributed by atoms with Crippen molar-refractivity contribution < 1.29 is 0 Å². The van der Waals surface area contributed by atoms with Crippen molar-refractivity contribution in [2.24, 2.45) is 5.92 Å². The van der Waals surface area contributed by atoms with Crippen molar-refractivity contribution in [3.05, 3.63) is 23.5 Å². The van der Waals surface area contributed by atoms with Crippen LogP contribution in [-0.2, 0) is 5.88 Å². The Kier molecular flexibility index (Phi) is 4.27. The van der Waals surface area contributed by atoms with E-state index in [0.717, 1.165) is 23.7 Å². The zero-order valence-electron chi connectivity index (χ0n) is 10.7. The van der Waals surface area contributed by atoms with Crippen LogP contribution in [0.5, 0.6) is 0 Å². The number of anilines is 1. The molecule has 1 aliphatic rings. The van der Waals surface area contributed by atoms with Crippen molar-refractivity contribution in [3.63, 3.8) is 0 Å². The molecule has 0 aliphatic heterocycles. The standard InChI is InChI=1S/C14H21ClN2/c1-3-17(10-12-5-4-6-12)14-7-11(2)16-9-13(14)8-15/h7,9,12H,3-6,8,10H2,1-2H3. The second-order valence-electron chi connectivity index (χ2n) is 4.92. The topological polar surface area (TPSA) is 16.1 Å². The third kappa shape index (κ3) is 2.92. The quantitative estimate of drug-likeness (QED) is 0.742. The van der Waals surface area contributed by atoms with Crippen molar-refractivity contribution in [1.29, 1.82) is 0 Å². The fraction of sp³-hybridized carbons (Fsp3) is 0.643. The highest BCUT2D eigenvalue weighted by Crippen LogP contribution is 2.30. The van der Waals surface area contributed by atoms with Gasteiger partial charge >= 0.3 is 0 Å². The number of hydrogen-bond donors (Lipinski definition) is 0. The number of pyridine rings is 1. The van der Waals surface area contributed by atoms with Gasteiger partial charge in [-0.05, 0) is 38.7 Å². The molecule has 17 heavy (non-hydrogen) atoms. The number of rotatable bonds is 5. The van der Waals surface area contributed by atoms with Crippen molar-refractivity contribution >= 4 is 17.3 Å². The second-order valence-corrected chi connectivity index (χ2v) is 5.19. The summed E-state index contributed by atoms with van der Waals surface area (Å²) in [4.78, 5) is 6.78. The number of alkyl halides is 1. The summed E-state index contributed by atoms with van der Waals surface area (Å²) in [5.41, 5.74) is 3.50. The molecule has 1 aromatic heterocycles. The van der Waals surface area contributed by atoms with Gasteiger partial charge in [0.2, 0.25) is 0 Å². The first-order valence-corrected chi connectivity index (χ1v) is 7.04. The van der Waals surface area contributed by atoms with Gasteiger partial charge in [-0.3, -0.25) is 4.98 Å². The maximum Gasteiger partial charge on any atom is 0.0509 e. The molecule has 2 nitrogen and oxygen atoms in total. The van der Waals surface area contributed by atoms with E-state index in [1.165, 1.54) is 31.5 Å². The van der Waals surface area contributed by atoms with E-state index < -0.39 is 0 Å². The van der Waals surface area contributed by atoms with Crippen LogP contribution < -0.4 is 4.90 Å². The first-order chi connectivity index (χ1) is 8.24. The maximum absolute atomic E-state index is 6.00. The lowest BCUT2D eigenvalue weighted by molar-refractivity contribution is 0.318. The van der Waals surface area contributed by atoms with E-state index >= 15 is 0 Å². The molecule has 1 saturated carbocycles. The van der Waals surface area contributed by atoms with E-state index in [1.54, 1.807) is 0 Å². The van der Waals surface area contributed by atoms with Crippen molar-refractivity contribution in [2.75, 3.05) is 18.0 Å². The lowest BCUT2D eigenvalue weighted by Gasteiger charge is -2.34. The van der Waals surface area contributed by atoms with Crippen LogP contribution >= 0.6 is 11.6 Å². The van der Waals surface area contributed by atoms with Gasteiger partial charge in [-0.1, -0.05) is 6.42 Å². The Morgan fingerprint density at radius 3 is 2.76 bits per heavy atom. The van der Waals surface area contributed by atoms with E-state index in [9.17, 15) is 0 Å². The van der Waals surface area contributed by atoms with Gasteiger partial charge in [0.15, 0.2) is 0 Å². The predicted octanol–water partition coefficient (Wildman–Crippen LogP) is 3.76. The van der Waals surface area contributed by atoms with E-state index in [4.69, 9.17) is 11.6 Å². The average Bonchev–Trinajstić information content (AvgIpc) is 2.28. The minimum atomic E-state index is 0.545. The molecule has 1 fully saturated rings. The van der Waals surface area contributed by atoms with Gasteiger partial charge in [0.05, 0.1) is 5.88 Å². The van der Waals surface area contributed by atoms with Crippen LogP contribution in [0.25, 0.3) is 0 Å². The summed E-state index contributed by atoms with van der Waals surface area (Å²) in [7, 11) is 0. The first-order valence-electron chi connectivity index (χ1n) is 6.51. The minimum absolute atomic E-state index is 0.545. The highest BCUT2D eigenvalue weighted by atomic mass is 35.5. The van der Waals surface area contributed by atoms with E-state index in [2.05, 4.69) is 22.9 Å². The number of aromatic nitrogens is 1. The summed E-state index contributed by atoms with van der Waals surface area (Å²) in [5, 5.41) is 0. The van der Waals surface area contributed by atoms with Gasteiger partial charge in [-0.25, -0.2) is 0 Å². The van der Waals surface area contributed by atoms with Gasteiger partial charge in [0, 0.05) is 36.2 Å². The maximum atomic E-state index is 6.00. The normalized spacial score (nSPS) is 15.7. The zero-order valence-corrected chi connectivity index (χ0v) is 11.5. The van der Waals surface area contributed by atoms with E-state index in [-0.39, 0.29) is 0 Å². The third-order valence-corrected chi connectivity index (χ3v) is 3.96. The molecule has 1 aliphatic carbocycles. The Morgan fingerprint density at radius 2 is 2.24 bits per heavy atom. The van der Waals surface area contributed by atoms with E-state index in [0.29, 0.717) is 5.88 Å². The van der Waals surface area contributed by atoms with Crippen LogP contribution in [0, 0.1) is 12.8 Å². The van der Waals surface area contributed by atoms with Crippen LogP contribution in [-0.4, -0.2) is 18.1 Å². The fourth-order valence-corrected chi connectivity index (χ4v) is 2.56. The Bertz CT molecular complexity index is 374. The van der Waals surface area contributed by atoms with Crippen LogP contribution in [0.15, 0.2) is 12.3 Å². The highest BCUT2D eigenvalue weighted by molar-refractivity contribution is 6.17. The molecule has 1 heterocycles. The van der Waals surface area contributed by atoms with Gasteiger partial charge in [-0.15, -0.1) is 11.6 Å². The smallest absolute Gasteiger partial charge is 0.0509 e. The molecule has 0 atom stereocenters. The summed E-state index contributed by atoms with van der Waals surface area (Å²) < 4.78 is 0. The largest absolute Gasteiger partial charge is 0.371 e. The SMILES string of the molecule is CCN(CC1CCC1)c1cc(C)ncc1CCl. The molecule has 0 spiro atoms. The molecule has 0 unspecified atom stereocenters. The van der Waals surface area contributed by atoms with Gasteiger partial charge < -0.3 is 4.90 Å². The molecule has 0 amide bonds. The average molecular weight is 253 g/mol. The molecule has 0 aromatic carbocycles. The second kappa shape index (κ2) is 5.72. The summed E-state index contributed by atoms with van der Waals surface area (Å²) in [5.74, 6) is 1.43. The summed E-state index contributed by atoms with van der Waals surface area (Å²) in [6, 6.07) is 2.17. The van der Waals surface area contributed by atoms with Crippen molar-refractivity contribution in [3.8, 4) is 0 Å². The van der Waals surface area contributed by atoms with Gasteiger partial charge in [0.25, 0.3) is 0 Å². The minimum Gasteiger partial charge on any atom is -0.371 e. The van der Waals surface area contributed by atoms with E-state index in [1.807, 2.05) is 13.1 Å². The number of aryl methyl sites for hydroxylation is 1. The molecular formula is C14H21ClN2.